The number of piperazine rings is 1. The highest BCUT2D eigenvalue weighted by molar-refractivity contribution is 6.36. The van der Waals surface area contributed by atoms with Gasteiger partial charge in [0.2, 0.25) is 0 Å². The molecule has 1 saturated heterocycles. The number of nitrogens with zero attached hydrogens (tertiary/aromatic N) is 4. The lowest BCUT2D eigenvalue weighted by atomic mass is 9.82. The number of halogens is 1. The number of carbonyl (C=O) groups is 3. The van der Waals surface area contributed by atoms with Crippen LogP contribution in [0, 0.1) is 0 Å². The molecule has 0 saturated carbocycles. The number of benzene rings is 1. The second-order valence-corrected chi connectivity index (χ2v) is 10.6. The zero-order valence-corrected chi connectivity index (χ0v) is 22.9. The molecule has 3 heterocycles. The molecule has 3 aromatic rings. The van der Waals surface area contributed by atoms with Crippen LogP contribution in [0.15, 0.2) is 36.5 Å². The zero-order valence-electron chi connectivity index (χ0n) is 22.2. The van der Waals surface area contributed by atoms with Crippen molar-refractivity contribution in [2.75, 3.05) is 26.2 Å². The molecule has 0 radical (unpaired) electrons. The van der Waals surface area contributed by atoms with Crippen molar-refractivity contribution in [1.29, 1.82) is 0 Å². The van der Waals surface area contributed by atoms with Crippen molar-refractivity contribution < 1.29 is 19.1 Å². The molecular formula is C29H32ClN5O4. The number of carbonyl (C=O) groups excluding carboxylic acids is 3. The number of primary amides is 1. The first-order chi connectivity index (χ1) is 18.8. The summed E-state index contributed by atoms with van der Waals surface area (Å²) in [5, 5.41) is 1.50. The third-order valence-electron chi connectivity index (χ3n) is 7.62. The molecule has 204 valence electrons. The standard InChI is InChI=1S/C29H32ClN5O4/c1-3-12-39-29(38)35-11-10-34(16-17(35)2)28(37)20-5-7-22-24(15-20)33-23-13-18(4-6-21(23)26(22)30)19-8-9-32-25(14-19)27(31)36/h5,7-9,14-15,17-18H,3-4,6,10-13,16H2,1-2H3,(H2,31,36)/t17-,18?/m1/s1. The van der Waals surface area contributed by atoms with Crippen LogP contribution in [0.5, 0.6) is 0 Å². The van der Waals surface area contributed by atoms with E-state index in [1.54, 1.807) is 34.2 Å². The molecule has 5 rings (SSSR count). The topological polar surface area (TPSA) is 119 Å². The minimum atomic E-state index is -0.551. The molecule has 39 heavy (non-hydrogen) atoms. The number of hydrogen-bond acceptors (Lipinski definition) is 6. The molecule has 9 nitrogen and oxygen atoms in total. The Labute approximate surface area is 232 Å². The Morgan fingerprint density at radius 1 is 1.18 bits per heavy atom. The molecule has 2 N–H and O–H groups in total. The molecule has 2 atom stereocenters. The number of pyridine rings is 2. The van der Waals surface area contributed by atoms with E-state index in [0.717, 1.165) is 41.5 Å². The van der Waals surface area contributed by atoms with Crippen LogP contribution in [0.2, 0.25) is 5.02 Å². The van der Waals surface area contributed by atoms with Crippen LogP contribution in [0.25, 0.3) is 10.9 Å². The third kappa shape index (κ3) is 5.41. The van der Waals surface area contributed by atoms with Gasteiger partial charge in [-0.1, -0.05) is 24.6 Å². The van der Waals surface area contributed by atoms with Gasteiger partial charge in [-0.15, -0.1) is 0 Å². The van der Waals surface area contributed by atoms with Crippen molar-refractivity contribution >= 4 is 40.4 Å². The van der Waals surface area contributed by atoms with Crippen LogP contribution in [-0.4, -0.2) is 70.0 Å². The van der Waals surface area contributed by atoms with Crippen molar-refractivity contribution in [2.24, 2.45) is 5.73 Å². The van der Waals surface area contributed by atoms with Crippen LogP contribution in [0.1, 0.15) is 70.3 Å². The molecule has 1 aliphatic carbocycles. The van der Waals surface area contributed by atoms with Crippen molar-refractivity contribution in [2.45, 2.75) is 51.5 Å². The summed E-state index contributed by atoms with van der Waals surface area (Å²) < 4.78 is 5.28. The predicted octanol–water partition coefficient (Wildman–Crippen LogP) is 4.35. The van der Waals surface area contributed by atoms with Crippen LogP contribution >= 0.6 is 11.6 Å². The zero-order chi connectivity index (χ0) is 27.7. The Bertz CT molecular complexity index is 1440. The van der Waals surface area contributed by atoms with Gasteiger partial charge in [0.1, 0.15) is 5.69 Å². The van der Waals surface area contributed by atoms with Crippen LogP contribution in [0.4, 0.5) is 4.79 Å². The van der Waals surface area contributed by atoms with Gasteiger partial charge >= 0.3 is 6.09 Å². The normalized spacial score (nSPS) is 19.1. The second-order valence-electron chi connectivity index (χ2n) is 10.3. The average molecular weight is 550 g/mol. The lowest BCUT2D eigenvalue weighted by Gasteiger charge is -2.39. The van der Waals surface area contributed by atoms with Gasteiger partial charge in [-0.2, -0.15) is 0 Å². The molecule has 2 aliphatic rings. The Morgan fingerprint density at radius 2 is 2.00 bits per heavy atom. The number of nitrogens with two attached hydrogens (primary N) is 1. The van der Waals surface area contributed by atoms with Crippen LogP contribution in [-0.2, 0) is 17.6 Å². The summed E-state index contributed by atoms with van der Waals surface area (Å²) in [5.41, 5.74) is 9.81. The molecular weight excluding hydrogens is 518 g/mol. The molecule has 2 aromatic heterocycles. The van der Waals surface area contributed by atoms with Gasteiger partial charge in [0.05, 0.1) is 17.1 Å². The summed E-state index contributed by atoms with van der Waals surface area (Å²) in [4.78, 5) is 49.8. The van der Waals surface area contributed by atoms with Gasteiger partial charge in [-0.25, -0.2) is 4.79 Å². The molecule has 1 aromatic carbocycles. The highest BCUT2D eigenvalue weighted by atomic mass is 35.5. The van der Waals surface area contributed by atoms with Crippen molar-refractivity contribution in [1.82, 2.24) is 19.8 Å². The Kier molecular flexibility index (Phi) is 7.70. The second kappa shape index (κ2) is 11.2. The number of hydrogen-bond donors (Lipinski definition) is 1. The lowest BCUT2D eigenvalue weighted by molar-refractivity contribution is 0.0412. The first-order valence-corrected chi connectivity index (χ1v) is 13.7. The van der Waals surface area contributed by atoms with Crippen molar-refractivity contribution in [3.63, 3.8) is 0 Å². The number of ether oxygens (including phenoxy) is 1. The summed E-state index contributed by atoms with van der Waals surface area (Å²) >= 11 is 6.85. The molecule has 1 unspecified atom stereocenters. The molecule has 1 aliphatic heterocycles. The number of fused-ring (bicyclic) bond motifs is 2. The number of amides is 3. The monoisotopic (exact) mass is 549 g/mol. The summed E-state index contributed by atoms with van der Waals surface area (Å²) in [6.07, 6.45) is 4.34. The molecule has 0 bridgehead atoms. The minimum absolute atomic E-state index is 0.102. The van der Waals surface area contributed by atoms with E-state index in [-0.39, 0.29) is 29.7 Å². The third-order valence-corrected chi connectivity index (χ3v) is 8.05. The fourth-order valence-corrected chi connectivity index (χ4v) is 5.87. The molecule has 3 amide bonds. The van der Waals surface area contributed by atoms with Gasteiger partial charge < -0.3 is 20.3 Å². The maximum Gasteiger partial charge on any atom is 0.410 e. The maximum absolute atomic E-state index is 13.4. The Morgan fingerprint density at radius 3 is 2.74 bits per heavy atom. The molecule has 1 fully saturated rings. The summed E-state index contributed by atoms with van der Waals surface area (Å²) in [6.45, 7) is 5.55. The molecule has 0 spiro atoms. The van der Waals surface area contributed by atoms with Gasteiger partial charge in [0.15, 0.2) is 0 Å². The first-order valence-electron chi connectivity index (χ1n) is 13.4. The quantitative estimate of drug-likeness (QED) is 0.505. The van der Waals surface area contributed by atoms with E-state index in [1.807, 2.05) is 26.0 Å². The van der Waals surface area contributed by atoms with E-state index < -0.39 is 5.91 Å². The van der Waals surface area contributed by atoms with Gasteiger partial charge in [0.25, 0.3) is 11.8 Å². The van der Waals surface area contributed by atoms with Crippen molar-refractivity contribution in [3.05, 3.63) is 69.6 Å². The SMILES string of the molecule is CCCOC(=O)N1CCN(C(=O)c2ccc3c(Cl)c4c(nc3c2)CC(c2ccnc(C(N)=O)c2)CC4)C[C@H]1C. The highest BCUT2D eigenvalue weighted by Gasteiger charge is 2.31. The minimum Gasteiger partial charge on any atom is -0.449 e. The van der Waals surface area contributed by atoms with Gasteiger partial charge in [-0.3, -0.25) is 19.6 Å². The number of aromatic nitrogens is 2. The summed E-state index contributed by atoms with van der Waals surface area (Å²) in [5.74, 6) is -0.495. The molecule has 10 heteroatoms. The first kappa shape index (κ1) is 26.9. The summed E-state index contributed by atoms with van der Waals surface area (Å²) in [7, 11) is 0. The Balaban J connectivity index is 1.36. The fourth-order valence-electron chi connectivity index (χ4n) is 5.51. The fraction of sp³-hybridized carbons (Fsp3) is 0.414. The highest BCUT2D eigenvalue weighted by Crippen LogP contribution is 2.38. The van der Waals surface area contributed by atoms with Gasteiger partial charge in [-0.05, 0) is 73.9 Å². The predicted molar refractivity (Wildman–Crippen MR) is 148 cm³/mol. The van der Waals surface area contributed by atoms with Crippen molar-refractivity contribution in [3.8, 4) is 0 Å². The summed E-state index contributed by atoms with van der Waals surface area (Å²) in [6, 6.07) is 8.98. The average Bonchev–Trinajstić information content (AvgIpc) is 2.95. The van der Waals surface area contributed by atoms with Crippen LogP contribution < -0.4 is 5.73 Å². The number of rotatable bonds is 5. The van der Waals surface area contributed by atoms with Gasteiger partial charge in [0, 0.05) is 48.5 Å². The smallest absolute Gasteiger partial charge is 0.410 e. The Hall–Kier alpha value is -3.72. The van der Waals surface area contributed by atoms with E-state index in [1.165, 1.54) is 0 Å². The van der Waals surface area contributed by atoms with E-state index in [2.05, 4.69) is 4.98 Å². The van der Waals surface area contributed by atoms with E-state index in [9.17, 15) is 14.4 Å². The van der Waals surface area contributed by atoms with E-state index in [4.69, 9.17) is 27.1 Å². The maximum atomic E-state index is 13.4. The largest absolute Gasteiger partial charge is 0.449 e. The van der Waals surface area contributed by atoms with E-state index >= 15 is 0 Å². The van der Waals surface area contributed by atoms with Crippen LogP contribution in [0.3, 0.4) is 0 Å². The van der Waals surface area contributed by atoms with E-state index in [0.29, 0.717) is 48.8 Å². The lowest BCUT2D eigenvalue weighted by Crippen LogP contribution is -2.55.